The Kier molecular flexibility index (Phi) is 3.71. The Labute approximate surface area is 138 Å². The van der Waals surface area contributed by atoms with E-state index in [9.17, 15) is 4.79 Å². The largest absolute Gasteiger partial charge is 0.348 e. The van der Waals surface area contributed by atoms with Crippen molar-refractivity contribution < 1.29 is 4.79 Å². The number of carbonyl (C=O) groups excluding carboxylic acids is 1. The van der Waals surface area contributed by atoms with Crippen LogP contribution in [0.25, 0.3) is 0 Å². The molecule has 0 aliphatic carbocycles. The molecule has 1 amide bonds. The van der Waals surface area contributed by atoms with Crippen molar-refractivity contribution in [1.29, 1.82) is 0 Å². The first-order chi connectivity index (χ1) is 11.3. The number of rotatable bonds is 3. The fourth-order valence-electron chi connectivity index (χ4n) is 3.18. The summed E-state index contributed by atoms with van der Waals surface area (Å²) >= 11 is 1.63. The summed E-state index contributed by atoms with van der Waals surface area (Å²) in [6, 6.07) is 14.1. The normalized spacial score (nSPS) is 17.0. The molecule has 116 valence electrons. The first-order valence-corrected chi connectivity index (χ1v) is 8.60. The van der Waals surface area contributed by atoms with E-state index in [0.717, 1.165) is 34.8 Å². The number of thiophene rings is 1. The number of aromatic nitrogens is 2. The van der Waals surface area contributed by atoms with Gasteiger partial charge in [0.1, 0.15) is 6.04 Å². The highest BCUT2D eigenvalue weighted by Crippen LogP contribution is 2.33. The van der Waals surface area contributed by atoms with Gasteiger partial charge in [0.25, 0.3) is 0 Å². The standard InChI is InChI=1S/C18H17N3OS/c22-16(11-14-7-4-10-23-14)21-9-8-15-17(20-12-19-15)18(21)13-5-2-1-3-6-13/h1-7,10,12,18H,8-9,11H2,(H,19,20)/t18-/m0/s1. The molecule has 1 N–H and O–H groups in total. The van der Waals surface area contributed by atoms with Crippen LogP contribution in [-0.2, 0) is 17.6 Å². The van der Waals surface area contributed by atoms with Crippen LogP contribution in [0, 0.1) is 0 Å². The molecule has 0 fully saturated rings. The van der Waals surface area contributed by atoms with Crippen molar-refractivity contribution in [2.24, 2.45) is 0 Å². The van der Waals surface area contributed by atoms with E-state index in [4.69, 9.17) is 0 Å². The van der Waals surface area contributed by atoms with Crippen LogP contribution >= 0.6 is 11.3 Å². The average Bonchev–Trinajstić information content (AvgIpc) is 3.25. The smallest absolute Gasteiger partial charge is 0.228 e. The number of amides is 1. The number of imidazole rings is 1. The van der Waals surface area contributed by atoms with E-state index >= 15 is 0 Å². The van der Waals surface area contributed by atoms with Crippen molar-refractivity contribution in [2.45, 2.75) is 18.9 Å². The molecule has 1 atom stereocenters. The molecule has 2 aromatic heterocycles. The number of carbonyl (C=O) groups is 1. The third-order valence-electron chi connectivity index (χ3n) is 4.27. The van der Waals surface area contributed by atoms with Crippen molar-refractivity contribution in [3.8, 4) is 0 Å². The van der Waals surface area contributed by atoms with Gasteiger partial charge in [-0.05, 0) is 17.0 Å². The lowest BCUT2D eigenvalue weighted by atomic mass is 9.95. The molecule has 3 heterocycles. The lowest BCUT2D eigenvalue weighted by molar-refractivity contribution is -0.132. The SMILES string of the molecule is O=C(Cc1cccs1)N1CCc2[nH]cnc2[C@@H]1c1ccccc1. The van der Waals surface area contributed by atoms with Gasteiger partial charge in [0.2, 0.25) is 5.91 Å². The maximum atomic E-state index is 12.9. The molecule has 1 aliphatic heterocycles. The van der Waals surface area contributed by atoms with Gasteiger partial charge in [-0.3, -0.25) is 4.79 Å². The van der Waals surface area contributed by atoms with E-state index in [2.05, 4.69) is 22.1 Å². The third-order valence-corrected chi connectivity index (χ3v) is 5.14. The molecule has 23 heavy (non-hydrogen) atoms. The van der Waals surface area contributed by atoms with Crippen LogP contribution in [0.15, 0.2) is 54.2 Å². The maximum absolute atomic E-state index is 12.9. The van der Waals surface area contributed by atoms with Gasteiger partial charge >= 0.3 is 0 Å². The van der Waals surface area contributed by atoms with Gasteiger partial charge in [-0.25, -0.2) is 4.98 Å². The minimum Gasteiger partial charge on any atom is -0.348 e. The number of hydrogen-bond acceptors (Lipinski definition) is 3. The zero-order valence-corrected chi connectivity index (χ0v) is 13.4. The topological polar surface area (TPSA) is 49.0 Å². The maximum Gasteiger partial charge on any atom is 0.228 e. The van der Waals surface area contributed by atoms with Crippen LogP contribution in [0.5, 0.6) is 0 Å². The quantitative estimate of drug-likeness (QED) is 0.805. The van der Waals surface area contributed by atoms with Gasteiger partial charge in [-0.15, -0.1) is 11.3 Å². The first kappa shape index (κ1) is 14.2. The molecule has 5 heteroatoms. The second-order valence-corrected chi connectivity index (χ2v) is 6.71. The number of fused-ring (bicyclic) bond motifs is 1. The molecule has 0 saturated carbocycles. The Morgan fingerprint density at radius 3 is 2.91 bits per heavy atom. The van der Waals surface area contributed by atoms with E-state index < -0.39 is 0 Å². The van der Waals surface area contributed by atoms with Crippen LogP contribution in [0.2, 0.25) is 0 Å². The van der Waals surface area contributed by atoms with E-state index in [1.807, 2.05) is 40.6 Å². The van der Waals surface area contributed by atoms with Gasteiger partial charge in [0, 0.05) is 23.5 Å². The predicted molar refractivity (Wildman–Crippen MR) is 90.3 cm³/mol. The van der Waals surface area contributed by atoms with E-state index in [-0.39, 0.29) is 11.9 Å². The van der Waals surface area contributed by atoms with Gasteiger partial charge in [0.15, 0.2) is 0 Å². The zero-order valence-electron chi connectivity index (χ0n) is 12.6. The van der Waals surface area contributed by atoms with Crippen LogP contribution in [-0.4, -0.2) is 27.3 Å². The van der Waals surface area contributed by atoms with Crippen molar-refractivity contribution in [3.05, 3.63) is 76.0 Å². The first-order valence-electron chi connectivity index (χ1n) is 7.72. The number of aromatic amines is 1. The third kappa shape index (κ3) is 2.68. The molecule has 3 aromatic rings. The molecule has 0 radical (unpaired) electrons. The summed E-state index contributed by atoms with van der Waals surface area (Å²) in [6.45, 7) is 0.721. The second-order valence-electron chi connectivity index (χ2n) is 5.67. The Bertz CT molecular complexity index is 795. The molecule has 0 spiro atoms. The van der Waals surface area contributed by atoms with Gasteiger partial charge in [0.05, 0.1) is 18.4 Å². The van der Waals surface area contributed by atoms with Crippen molar-refractivity contribution in [2.75, 3.05) is 6.54 Å². The van der Waals surface area contributed by atoms with E-state index in [1.54, 1.807) is 17.7 Å². The Morgan fingerprint density at radius 1 is 1.26 bits per heavy atom. The minimum absolute atomic E-state index is 0.0985. The van der Waals surface area contributed by atoms with Crippen molar-refractivity contribution in [3.63, 3.8) is 0 Å². The predicted octanol–water partition coefficient (Wildman–Crippen LogP) is 3.19. The number of hydrogen-bond donors (Lipinski definition) is 1. The molecule has 4 rings (SSSR count). The van der Waals surface area contributed by atoms with Crippen molar-refractivity contribution >= 4 is 17.2 Å². The highest BCUT2D eigenvalue weighted by molar-refractivity contribution is 7.10. The van der Waals surface area contributed by atoms with Gasteiger partial charge in [-0.1, -0.05) is 36.4 Å². The van der Waals surface area contributed by atoms with Gasteiger partial charge < -0.3 is 9.88 Å². The van der Waals surface area contributed by atoms with Crippen LogP contribution < -0.4 is 0 Å². The van der Waals surface area contributed by atoms with E-state index in [1.165, 1.54) is 0 Å². The van der Waals surface area contributed by atoms with E-state index in [0.29, 0.717) is 6.42 Å². The van der Waals surface area contributed by atoms with Crippen molar-refractivity contribution in [1.82, 2.24) is 14.9 Å². The Hall–Kier alpha value is -2.40. The summed E-state index contributed by atoms with van der Waals surface area (Å²) in [5, 5.41) is 2.01. The minimum atomic E-state index is -0.0985. The Balaban J connectivity index is 1.69. The van der Waals surface area contributed by atoms with Gasteiger partial charge in [-0.2, -0.15) is 0 Å². The number of nitrogens with zero attached hydrogens (tertiary/aromatic N) is 2. The lowest BCUT2D eigenvalue weighted by Gasteiger charge is -2.35. The summed E-state index contributed by atoms with van der Waals surface area (Å²) in [4.78, 5) is 23.7. The molecule has 1 aliphatic rings. The second kappa shape index (κ2) is 6.01. The summed E-state index contributed by atoms with van der Waals surface area (Å²) in [5.74, 6) is 0.162. The molecular weight excluding hydrogens is 306 g/mol. The summed E-state index contributed by atoms with van der Waals surface area (Å²) in [5.41, 5.74) is 3.22. The monoisotopic (exact) mass is 323 g/mol. The number of nitrogens with one attached hydrogen (secondary N) is 1. The lowest BCUT2D eigenvalue weighted by Crippen LogP contribution is -2.41. The molecule has 0 saturated heterocycles. The molecular formula is C18H17N3OS. The highest BCUT2D eigenvalue weighted by Gasteiger charge is 2.33. The molecule has 0 bridgehead atoms. The zero-order chi connectivity index (χ0) is 15.6. The Morgan fingerprint density at radius 2 is 2.13 bits per heavy atom. The molecule has 0 unspecified atom stereocenters. The fraction of sp³-hybridized carbons (Fsp3) is 0.222. The fourth-order valence-corrected chi connectivity index (χ4v) is 3.88. The summed E-state index contributed by atoms with van der Waals surface area (Å²) in [7, 11) is 0. The van der Waals surface area contributed by atoms with Crippen LogP contribution in [0.3, 0.4) is 0 Å². The summed E-state index contributed by atoms with van der Waals surface area (Å²) in [6.07, 6.45) is 3.02. The molecule has 1 aromatic carbocycles. The summed E-state index contributed by atoms with van der Waals surface area (Å²) < 4.78 is 0. The van der Waals surface area contributed by atoms with Crippen LogP contribution in [0.1, 0.15) is 27.9 Å². The number of H-pyrrole nitrogens is 1. The molecule has 4 nitrogen and oxygen atoms in total. The average molecular weight is 323 g/mol. The van der Waals surface area contributed by atoms with Crippen LogP contribution in [0.4, 0.5) is 0 Å². The number of benzene rings is 1. The highest BCUT2D eigenvalue weighted by atomic mass is 32.1.